The van der Waals surface area contributed by atoms with E-state index in [1.807, 2.05) is 0 Å². The molecule has 2 heteroatoms. The summed E-state index contributed by atoms with van der Waals surface area (Å²) in [6, 6.07) is 0. The summed E-state index contributed by atoms with van der Waals surface area (Å²) in [7, 11) is 2.17. The summed E-state index contributed by atoms with van der Waals surface area (Å²) in [6.45, 7) is 6.59. The summed E-state index contributed by atoms with van der Waals surface area (Å²) >= 11 is 0. The molecule has 0 radical (unpaired) electrons. The quantitative estimate of drug-likeness (QED) is 0.602. The van der Waals surface area contributed by atoms with Crippen LogP contribution in [-0.2, 0) is 4.74 Å². The first-order valence-corrected chi connectivity index (χ1v) is 4.60. The number of ether oxygens (including phenoxy) is 1. The third-order valence-corrected chi connectivity index (χ3v) is 2.33. The maximum atomic E-state index is 5.81. The van der Waals surface area contributed by atoms with Gasteiger partial charge < -0.3 is 9.64 Å². The van der Waals surface area contributed by atoms with Gasteiger partial charge in [0.05, 0.1) is 12.2 Å². The van der Waals surface area contributed by atoms with Crippen LogP contribution >= 0.6 is 0 Å². The first kappa shape index (κ1) is 9.01. The third-order valence-electron chi connectivity index (χ3n) is 2.33. The minimum atomic E-state index is 0.471. The van der Waals surface area contributed by atoms with Gasteiger partial charge >= 0.3 is 0 Å². The van der Waals surface area contributed by atoms with E-state index in [0.717, 1.165) is 25.9 Å². The molecule has 0 aromatic heterocycles. The van der Waals surface area contributed by atoms with E-state index in [9.17, 15) is 0 Å². The van der Waals surface area contributed by atoms with Crippen molar-refractivity contribution in [2.75, 3.05) is 20.1 Å². The van der Waals surface area contributed by atoms with Crippen LogP contribution in [-0.4, -0.2) is 37.2 Å². The van der Waals surface area contributed by atoms with E-state index in [2.05, 4.69) is 25.8 Å². The Balaban J connectivity index is 2.37. The molecular weight excluding hydrogens is 138 g/mol. The molecule has 66 valence electrons. The smallest absolute Gasteiger partial charge is 0.0703 e. The lowest BCUT2D eigenvalue weighted by molar-refractivity contribution is -0.0799. The number of hydrogen-bond acceptors (Lipinski definition) is 2. The van der Waals surface area contributed by atoms with E-state index in [1.54, 1.807) is 0 Å². The zero-order chi connectivity index (χ0) is 8.27. The fourth-order valence-corrected chi connectivity index (χ4v) is 1.58. The molecule has 2 nitrogen and oxygen atoms in total. The second-order valence-electron chi connectivity index (χ2n) is 3.42. The molecule has 1 fully saturated rings. The van der Waals surface area contributed by atoms with Crippen LogP contribution in [0.4, 0.5) is 0 Å². The van der Waals surface area contributed by atoms with Gasteiger partial charge in [0.15, 0.2) is 0 Å². The van der Waals surface area contributed by atoms with E-state index in [0.29, 0.717) is 12.2 Å². The Morgan fingerprint density at radius 1 is 1.18 bits per heavy atom. The summed E-state index contributed by atoms with van der Waals surface area (Å²) in [5, 5.41) is 0. The molecular formula is C9H19NO. The van der Waals surface area contributed by atoms with Crippen molar-refractivity contribution < 1.29 is 4.74 Å². The lowest BCUT2D eigenvalue weighted by atomic mass is 10.1. The fraction of sp³-hybridized carbons (Fsp3) is 1.00. The van der Waals surface area contributed by atoms with Crippen LogP contribution in [0.3, 0.4) is 0 Å². The summed E-state index contributed by atoms with van der Waals surface area (Å²) < 4.78 is 5.81. The molecule has 0 N–H and O–H groups in total. The lowest BCUT2D eigenvalue weighted by Crippen LogP contribution is -2.45. The molecule has 2 unspecified atom stereocenters. The van der Waals surface area contributed by atoms with Gasteiger partial charge in [-0.2, -0.15) is 0 Å². The maximum Gasteiger partial charge on any atom is 0.0703 e. The Kier molecular flexibility index (Phi) is 3.34. The predicted octanol–water partition coefficient (Wildman–Crippen LogP) is 1.51. The van der Waals surface area contributed by atoms with Crippen LogP contribution in [0, 0.1) is 0 Å². The van der Waals surface area contributed by atoms with E-state index in [-0.39, 0.29) is 0 Å². The van der Waals surface area contributed by atoms with Gasteiger partial charge in [-0.15, -0.1) is 0 Å². The van der Waals surface area contributed by atoms with E-state index in [1.165, 1.54) is 0 Å². The normalized spacial score (nSPS) is 34.1. The fourth-order valence-electron chi connectivity index (χ4n) is 1.58. The van der Waals surface area contributed by atoms with Crippen LogP contribution in [0.5, 0.6) is 0 Å². The standard InChI is InChI=1S/C9H19NO/c1-4-8-6-10(3)7-9(5-2)11-8/h8-9H,4-7H2,1-3H3. The molecule has 0 spiro atoms. The zero-order valence-electron chi connectivity index (χ0n) is 7.84. The van der Waals surface area contributed by atoms with Gasteiger partial charge in [0, 0.05) is 13.1 Å². The van der Waals surface area contributed by atoms with Crippen molar-refractivity contribution in [1.82, 2.24) is 4.90 Å². The van der Waals surface area contributed by atoms with Crippen molar-refractivity contribution in [2.24, 2.45) is 0 Å². The Bertz CT molecular complexity index is 104. The largest absolute Gasteiger partial charge is 0.372 e. The molecule has 1 aliphatic heterocycles. The van der Waals surface area contributed by atoms with Crippen LogP contribution in [0.2, 0.25) is 0 Å². The van der Waals surface area contributed by atoms with Crippen molar-refractivity contribution in [2.45, 2.75) is 38.9 Å². The summed E-state index contributed by atoms with van der Waals surface area (Å²) in [5.74, 6) is 0. The van der Waals surface area contributed by atoms with Crippen LogP contribution in [0.1, 0.15) is 26.7 Å². The van der Waals surface area contributed by atoms with Gasteiger partial charge in [-0.05, 0) is 19.9 Å². The highest BCUT2D eigenvalue weighted by Crippen LogP contribution is 2.13. The molecule has 0 aromatic carbocycles. The highest BCUT2D eigenvalue weighted by Gasteiger charge is 2.22. The second kappa shape index (κ2) is 4.07. The molecule has 1 heterocycles. The average Bonchev–Trinajstić information content (AvgIpc) is 2.03. The summed E-state index contributed by atoms with van der Waals surface area (Å²) in [4.78, 5) is 2.37. The monoisotopic (exact) mass is 157 g/mol. The van der Waals surface area contributed by atoms with E-state index >= 15 is 0 Å². The van der Waals surface area contributed by atoms with Crippen molar-refractivity contribution in [3.05, 3.63) is 0 Å². The van der Waals surface area contributed by atoms with Crippen LogP contribution in [0.25, 0.3) is 0 Å². The Morgan fingerprint density at radius 3 is 2.00 bits per heavy atom. The molecule has 1 aliphatic rings. The average molecular weight is 157 g/mol. The van der Waals surface area contributed by atoms with Crippen LogP contribution < -0.4 is 0 Å². The van der Waals surface area contributed by atoms with Crippen molar-refractivity contribution >= 4 is 0 Å². The molecule has 11 heavy (non-hydrogen) atoms. The molecule has 1 saturated heterocycles. The lowest BCUT2D eigenvalue weighted by Gasteiger charge is -2.35. The van der Waals surface area contributed by atoms with Crippen molar-refractivity contribution in [3.63, 3.8) is 0 Å². The number of nitrogens with zero attached hydrogens (tertiary/aromatic N) is 1. The van der Waals surface area contributed by atoms with Gasteiger partial charge in [-0.3, -0.25) is 0 Å². The highest BCUT2D eigenvalue weighted by molar-refractivity contribution is 4.73. The molecule has 1 rings (SSSR count). The van der Waals surface area contributed by atoms with E-state index < -0.39 is 0 Å². The van der Waals surface area contributed by atoms with Crippen LogP contribution in [0.15, 0.2) is 0 Å². The van der Waals surface area contributed by atoms with Gasteiger partial charge in [0.25, 0.3) is 0 Å². The SMILES string of the molecule is CCC1CN(C)CC(CC)O1. The van der Waals surface area contributed by atoms with Crippen molar-refractivity contribution in [3.8, 4) is 0 Å². The topological polar surface area (TPSA) is 12.5 Å². The van der Waals surface area contributed by atoms with Crippen molar-refractivity contribution in [1.29, 1.82) is 0 Å². The first-order valence-electron chi connectivity index (χ1n) is 4.60. The first-order chi connectivity index (χ1) is 5.26. The van der Waals surface area contributed by atoms with Gasteiger partial charge in [0.2, 0.25) is 0 Å². The minimum Gasteiger partial charge on any atom is -0.372 e. The number of rotatable bonds is 2. The number of likely N-dealkylation sites (N-methyl/N-ethyl adjacent to an activating group) is 1. The Hall–Kier alpha value is -0.0800. The molecule has 0 saturated carbocycles. The third kappa shape index (κ3) is 2.46. The highest BCUT2D eigenvalue weighted by atomic mass is 16.5. The predicted molar refractivity (Wildman–Crippen MR) is 46.7 cm³/mol. The summed E-state index contributed by atoms with van der Waals surface area (Å²) in [6.07, 6.45) is 3.22. The second-order valence-corrected chi connectivity index (χ2v) is 3.42. The molecule has 0 aromatic rings. The number of hydrogen-bond donors (Lipinski definition) is 0. The Labute approximate surface area is 69.5 Å². The van der Waals surface area contributed by atoms with E-state index in [4.69, 9.17) is 4.74 Å². The Morgan fingerprint density at radius 2 is 1.64 bits per heavy atom. The molecule has 0 bridgehead atoms. The van der Waals surface area contributed by atoms with Gasteiger partial charge in [-0.1, -0.05) is 13.8 Å². The minimum absolute atomic E-state index is 0.471. The maximum absolute atomic E-state index is 5.81. The molecule has 2 atom stereocenters. The summed E-state index contributed by atoms with van der Waals surface area (Å²) in [5.41, 5.74) is 0. The van der Waals surface area contributed by atoms with Gasteiger partial charge in [-0.25, -0.2) is 0 Å². The van der Waals surface area contributed by atoms with Gasteiger partial charge in [0.1, 0.15) is 0 Å². The molecule has 0 aliphatic carbocycles. The molecule has 0 amide bonds. The zero-order valence-corrected chi connectivity index (χ0v) is 7.84. The number of morpholine rings is 1.